The van der Waals surface area contributed by atoms with Crippen LogP contribution in [0.1, 0.15) is 35.0 Å². The van der Waals surface area contributed by atoms with Gasteiger partial charge < -0.3 is 15.0 Å². The van der Waals surface area contributed by atoms with Crippen LogP contribution in [0.5, 0.6) is 0 Å². The number of benzene rings is 1. The second-order valence-corrected chi connectivity index (χ2v) is 7.78. The normalized spacial score (nSPS) is 11.8. The lowest BCUT2D eigenvalue weighted by atomic mass is 10.1. The minimum atomic E-state index is -0.634. The molecule has 0 spiro atoms. The Morgan fingerprint density at radius 3 is 2.63 bits per heavy atom. The van der Waals surface area contributed by atoms with Gasteiger partial charge in [0.25, 0.3) is 5.56 Å². The summed E-state index contributed by atoms with van der Waals surface area (Å²) < 4.78 is 4.76. The van der Waals surface area contributed by atoms with Crippen LogP contribution >= 0.6 is 11.8 Å². The van der Waals surface area contributed by atoms with Crippen molar-refractivity contribution in [3.8, 4) is 0 Å². The van der Waals surface area contributed by atoms with Crippen molar-refractivity contribution in [2.24, 2.45) is 0 Å². The van der Waals surface area contributed by atoms with Crippen molar-refractivity contribution in [2.45, 2.75) is 37.2 Å². The number of aromatic nitrogens is 3. The van der Waals surface area contributed by atoms with Crippen LogP contribution in [-0.2, 0) is 16.1 Å². The number of amides is 1. The average Bonchev–Trinajstić information content (AvgIpc) is 2.75. The van der Waals surface area contributed by atoms with Gasteiger partial charge in [0.1, 0.15) is 0 Å². The lowest BCUT2D eigenvalue weighted by molar-refractivity contribution is -0.120. The number of H-pyrrole nitrogens is 1. The second kappa shape index (κ2) is 9.53. The Hall–Kier alpha value is -3.20. The van der Waals surface area contributed by atoms with Crippen molar-refractivity contribution < 1.29 is 14.3 Å². The number of ether oxygens (including phenoxy) is 1. The summed E-state index contributed by atoms with van der Waals surface area (Å²) in [7, 11) is 1.25. The second-order valence-electron chi connectivity index (χ2n) is 6.59. The Balaban J connectivity index is 1.84. The summed E-state index contributed by atoms with van der Waals surface area (Å²) in [6.07, 6.45) is 0.543. The highest BCUT2D eigenvalue weighted by Gasteiger charge is 2.22. The molecule has 0 bridgehead atoms. The quantitative estimate of drug-likeness (QED) is 0.339. The fourth-order valence-electron chi connectivity index (χ4n) is 2.93. The van der Waals surface area contributed by atoms with Gasteiger partial charge in [-0.05, 0) is 25.0 Å². The van der Waals surface area contributed by atoms with E-state index < -0.39 is 16.8 Å². The van der Waals surface area contributed by atoms with Crippen LogP contribution in [0.15, 0.2) is 46.3 Å². The van der Waals surface area contributed by atoms with E-state index in [1.165, 1.54) is 13.2 Å². The SMILES string of the molecule is CCC(Sc1nc2nc(C)cc(C(=O)OC)c2c(=O)[nH]1)C(=O)NCc1ccccc1. The van der Waals surface area contributed by atoms with Crippen LogP contribution in [0, 0.1) is 6.92 Å². The Bertz CT molecular complexity index is 1130. The Morgan fingerprint density at radius 2 is 1.97 bits per heavy atom. The van der Waals surface area contributed by atoms with Gasteiger partial charge in [0.15, 0.2) is 10.8 Å². The molecule has 1 aromatic carbocycles. The number of carbonyl (C=O) groups is 2. The van der Waals surface area contributed by atoms with E-state index in [1.54, 1.807) is 6.92 Å². The molecule has 1 atom stereocenters. The molecule has 0 fully saturated rings. The first-order chi connectivity index (χ1) is 14.4. The number of carbonyl (C=O) groups excluding carboxylic acids is 2. The van der Waals surface area contributed by atoms with E-state index in [2.05, 4.69) is 20.3 Å². The molecule has 1 unspecified atom stereocenters. The molecule has 3 rings (SSSR count). The van der Waals surface area contributed by atoms with Gasteiger partial charge in [-0.1, -0.05) is 49.0 Å². The third kappa shape index (κ3) is 4.85. The van der Waals surface area contributed by atoms with Gasteiger partial charge in [0, 0.05) is 12.2 Å². The number of aryl methyl sites for hydroxylation is 1. The van der Waals surface area contributed by atoms with Gasteiger partial charge in [0.2, 0.25) is 5.91 Å². The average molecular weight is 426 g/mol. The Labute approximate surface area is 177 Å². The molecule has 0 radical (unpaired) electrons. The van der Waals surface area contributed by atoms with Gasteiger partial charge in [-0.2, -0.15) is 0 Å². The largest absolute Gasteiger partial charge is 0.465 e. The lowest BCUT2D eigenvalue weighted by Crippen LogP contribution is -2.32. The number of aromatic amines is 1. The summed E-state index contributed by atoms with van der Waals surface area (Å²) in [4.78, 5) is 48.6. The molecular weight excluding hydrogens is 404 g/mol. The zero-order chi connectivity index (χ0) is 21.7. The predicted octanol–water partition coefficient (Wildman–Crippen LogP) is 2.60. The zero-order valence-electron chi connectivity index (χ0n) is 16.9. The maximum absolute atomic E-state index is 12.6. The van der Waals surface area contributed by atoms with Crippen LogP contribution in [0.4, 0.5) is 0 Å². The molecule has 0 aliphatic heterocycles. The molecule has 30 heavy (non-hydrogen) atoms. The van der Waals surface area contributed by atoms with E-state index >= 15 is 0 Å². The topological polar surface area (TPSA) is 114 Å². The molecule has 8 nitrogen and oxygen atoms in total. The molecular formula is C21H22N4O4S. The summed E-state index contributed by atoms with van der Waals surface area (Å²) in [6, 6.07) is 11.1. The van der Waals surface area contributed by atoms with Crippen LogP contribution in [0.25, 0.3) is 11.0 Å². The van der Waals surface area contributed by atoms with Crippen LogP contribution < -0.4 is 10.9 Å². The maximum Gasteiger partial charge on any atom is 0.338 e. The summed E-state index contributed by atoms with van der Waals surface area (Å²) in [6.45, 7) is 4.01. The highest BCUT2D eigenvalue weighted by Crippen LogP contribution is 2.23. The van der Waals surface area contributed by atoms with Crippen molar-refractivity contribution in [1.29, 1.82) is 0 Å². The van der Waals surface area contributed by atoms with Gasteiger partial charge in [0.05, 0.1) is 23.3 Å². The number of thioether (sulfide) groups is 1. The van der Waals surface area contributed by atoms with Gasteiger partial charge >= 0.3 is 5.97 Å². The highest BCUT2D eigenvalue weighted by molar-refractivity contribution is 8.00. The van der Waals surface area contributed by atoms with Gasteiger partial charge in [-0.15, -0.1) is 0 Å². The molecule has 156 valence electrons. The molecule has 9 heteroatoms. The van der Waals surface area contributed by atoms with E-state index in [9.17, 15) is 14.4 Å². The third-order valence-corrected chi connectivity index (χ3v) is 5.66. The number of hydrogen-bond acceptors (Lipinski definition) is 7. The molecule has 0 saturated heterocycles. The number of nitrogens with zero attached hydrogens (tertiary/aromatic N) is 2. The maximum atomic E-state index is 12.6. The minimum Gasteiger partial charge on any atom is -0.465 e. The van der Waals surface area contributed by atoms with Crippen LogP contribution in [0.3, 0.4) is 0 Å². The molecule has 2 N–H and O–H groups in total. The zero-order valence-corrected chi connectivity index (χ0v) is 17.7. The number of esters is 1. The number of nitrogens with one attached hydrogen (secondary N) is 2. The molecule has 2 heterocycles. The van der Waals surface area contributed by atoms with Crippen molar-refractivity contribution in [2.75, 3.05) is 7.11 Å². The lowest BCUT2D eigenvalue weighted by Gasteiger charge is -2.14. The minimum absolute atomic E-state index is 0.0679. The highest BCUT2D eigenvalue weighted by atomic mass is 32.2. The molecule has 1 amide bonds. The number of hydrogen-bond donors (Lipinski definition) is 2. The number of methoxy groups -OCH3 is 1. The van der Waals surface area contributed by atoms with Gasteiger partial charge in [-0.3, -0.25) is 9.59 Å². The fourth-order valence-corrected chi connectivity index (χ4v) is 3.85. The monoisotopic (exact) mass is 426 g/mol. The van der Waals surface area contributed by atoms with Crippen molar-refractivity contribution >= 4 is 34.7 Å². The van der Waals surface area contributed by atoms with E-state index in [0.29, 0.717) is 18.7 Å². The first kappa shape index (κ1) is 21.5. The van der Waals surface area contributed by atoms with E-state index in [-0.39, 0.29) is 27.7 Å². The Morgan fingerprint density at radius 1 is 1.23 bits per heavy atom. The summed E-state index contributed by atoms with van der Waals surface area (Å²) in [5, 5.41) is 2.80. The Kier molecular flexibility index (Phi) is 6.83. The van der Waals surface area contributed by atoms with Crippen LogP contribution in [-0.4, -0.2) is 39.2 Å². The summed E-state index contributed by atoms with van der Waals surface area (Å²) in [5.41, 5.74) is 1.27. The van der Waals surface area contributed by atoms with E-state index in [1.807, 2.05) is 37.3 Å². The van der Waals surface area contributed by atoms with Gasteiger partial charge in [-0.25, -0.2) is 14.8 Å². The predicted molar refractivity (Wildman–Crippen MR) is 114 cm³/mol. The molecule has 2 aromatic heterocycles. The number of fused-ring (bicyclic) bond motifs is 1. The number of pyridine rings is 1. The third-order valence-electron chi connectivity index (χ3n) is 4.42. The first-order valence-electron chi connectivity index (χ1n) is 9.41. The molecule has 0 aliphatic rings. The molecule has 0 aliphatic carbocycles. The van der Waals surface area contributed by atoms with Crippen molar-refractivity contribution in [3.05, 3.63) is 63.6 Å². The fraction of sp³-hybridized carbons (Fsp3) is 0.286. The van der Waals surface area contributed by atoms with E-state index in [0.717, 1.165) is 17.3 Å². The molecule has 3 aromatic rings. The van der Waals surface area contributed by atoms with Crippen molar-refractivity contribution in [1.82, 2.24) is 20.3 Å². The number of rotatable bonds is 7. The first-order valence-corrected chi connectivity index (χ1v) is 10.3. The standard InChI is InChI=1S/C21H22N4O4S/c1-4-15(18(26)22-11-13-8-6-5-7-9-13)30-21-24-17-16(19(27)25-21)14(20(28)29-3)10-12(2)23-17/h5-10,15H,4,11H2,1-3H3,(H,22,26)(H,23,24,25,27). The van der Waals surface area contributed by atoms with Crippen LogP contribution in [0.2, 0.25) is 0 Å². The van der Waals surface area contributed by atoms with E-state index in [4.69, 9.17) is 4.74 Å². The summed E-state index contributed by atoms with van der Waals surface area (Å²) >= 11 is 1.15. The smallest absolute Gasteiger partial charge is 0.338 e. The molecule has 0 saturated carbocycles. The summed E-state index contributed by atoms with van der Waals surface area (Å²) in [5.74, 6) is -0.786. The van der Waals surface area contributed by atoms with Crippen molar-refractivity contribution in [3.63, 3.8) is 0 Å².